The van der Waals surface area contributed by atoms with E-state index < -0.39 is 0 Å². The maximum absolute atomic E-state index is 0. The molecule has 0 fully saturated rings. The minimum absolute atomic E-state index is 0. The van der Waals surface area contributed by atoms with Gasteiger partial charge in [-0.25, -0.2) is 0 Å². The second-order valence-electron chi connectivity index (χ2n) is 0. The van der Waals surface area contributed by atoms with Gasteiger partial charge >= 0.3 is 29.6 Å². The van der Waals surface area contributed by atoms with Crippen molar-refractivity contribution in [2.24, 2.45) is 0 Å². The van der Waals surface area contributed by atoms with Gasteiger partial charge in [0.1, 0.15) is 0 Å². The summed E-state index contributed by atoms with van der Waals surface area (Å²) in [5.74, 6) is 0. The van der Waals surface area contributed by atoms with Gasteiger partial charge in [0.05, 0.1) is 0 Å². The Balaban J connectivity index is 0. The van der Waals surface area contributed by atoms with Gasteiger partial charge in [-0.15, -0.1) is 37.2 Å². The average molecular weight is 169 g/mol. The van der Waals surface area contributed by atoms with Crippen molar-refractivity contribution in [1.29, 1.82) is 0 Å². The monoisotopic (exact) mass is 168 g/mol. The van der Waals surface area contributed by atoms with Crippen LogP contribution in [0.1, 0.15) is 0 Å². The summed E-state index contributed by atoms with van der Waals surface area (Å²) in [7, 11) is 0. The summed E-state index contributed by atoms with van der Waals surface area (Å²) >= 11 is 0. The first-order chi connectivity index (χ1) is 0. The Hall–Kier alpha value is 1.79. The SMILES string of the molecule is Cl.Cl.Cl.O.O.[NaH]. The first-order valence-electron chi connectivity index (χ1n) is 0. The quantitative estimate of drug-likeness (QED) is 0.416. The molecule has 0 aliphatic rings. The Bertz CT molecular complexity index is 8.75. The van der Waals surface area contributed by atoms with Crippen molar-refractivity contribution in [3.8, 4) is 0 Å². The Kier molecular flexibility index (Phi) is 1330. The van der Waals surface area contributed by atoms with E-state index in [-0.39, 0.29) is 77.7 Å². The van der Waals surface area contributed by atoms with E-state index >= 15 is 0 Å². The molecule has 0 saturated heterocycles. The van der Waals surface area contributed by atoms with E-state index in [2.05, 4.69) is 0 Å². The van der Waals surface area contributed by atoms with Crippen LogP contribution in [0.4, 0.5) is 0 Å². The van der Waals surface area contributed by atoms with E-state index in [1.165, 1.54) is 0 Å². The Morgan fingerprint density at radius 1 is 0.500 bits per heavy atom. The van der Waals surface area contributed by atoms with Gasteiger partial charge in [0.15, 0.2) is 0 Å². The van der Waals surface area contributed by atoms with Crippen molar-refractivity contribution >= 4 is 66.8 Å². The van der Waals surface area contributed by atoms with Crippen molar-refractivity contribution in [2.75, 3.05) is 0 Å². The molecule has 0 amide bonds. The molecule has 0 aromatic heterocycles. The van der Waals surface area contributed by atoms with Gasteiger partial charge in [-0.1, -0.05) is 0 Å². The van der Waals surface area contributed by atoms with Gasteiger partial charge in [-0.3, -0.25) is 0 Å². The normalized spacial score (nSPS) is 0. The van der Waals surface area contributed by atoms with Crippen LogP contribution in [-0.2, 0) is 0 Å². The summed E-state index contributed by atoms with van der Waals surface area (Å²) in [6.45, 7) is 0. The van der Waals surface area contributed by atoms with Crippen LogP contribution in [0.15, 0.2) is 0 Å². The number of rotatable bonds is 0. The maximum atomic E-state index is 0. The van der Waals surface area contributed by atoms with Crippen molar-refractivity contribution in [1.82, 2.24) is 0 Å². The zero-order valence-electron chi connectivity index (χ0n) is 2.22. The number of hydrogen-bond acceptors (Lipinski definition) is 0. The molecule has 0 bridgehead atoms. The van der Waals surface area contributed by atoms with Crippen LogP contribution < -0.4 is 0 Å². The summed E-state index contributed by atoms with van der Waals surface area (Å²) in [4.78, 5) is 0. The Morgan fingerprint density at radius 2 is 0.500 bits per heavy atom. The van der Waals surface area contributed by atoms with Gasteiger partial charge in [-0.2, -0.15) is 0 Å². The molecule has 0 saturated carbocycles. The predicted molar refractivity (Wildman–Crippen MR) is 36.1 cm³/mol. The third kappa shape index (κ3) is 41.5. The molecule has 42 valence electrons. The first-order valence-corrected chi connectivity index (χ1v) is 0. The summed E-state index contributed by atoms with van der Waals surface area (Å²) in [6.07, 6.45) is 0. The van der Waals surface area contributed by atoms with E-state index in [9.17, 15) is 0 Å². The molecule has 0 aliphatic heterocycles. The standard InChI is InChI=1S/3ClH.Na.2H2O.H/h3*1H;;2*1H2;. The molecule has 6 heavy (non-hydrogen) atoms. The molecule has 6 heteroatoms. The second-order valence-corrected chi connectivity index (χ2v) is 0. The molecule has 0 aromatic carbocycles. The molecule has 4 N–H and O–H groups in total. The fourth-order valence-corrected chi connectivity index (χ4v) is 0. The molecular weight excluding hydrogens is 161 g/mol. The van der Waals surface area contributed by atoms with Crippen molar-refractivity contribution < 1.29 is 11.0 Å². The molecule has 0 unspecified atom stereocenters. The van der Waals surface area contributed by atoms with E-state index in [4.69, 9.17) is 0 Å². The van der Waals surface area contributed by atoms with Crippen LogP contribution in [0.5, 0.6) is 0 Å². The van der Waals surface area contributed by atoms with E-state index in [0.29, 0.717) is 0 Å². The van der Waals surface area contributed by atoms with Crippen LogP contribution in [-0.4, -0.2) is 40.5 Å². The summed E-state index contributed by atoms with van der Waals surface area (Å²) < 4.78 is 0. The van der Waals surface area contributed by atoms with Crippen LogP contribution >= 0.6 is 37.2 Å². The second kappa shape index (κ2) is 71.0. The Morgan fingerprint density at radius 3 is 0.500 bits per heavy atom. The fourth-order valence-electron chi connectivity index (χ4n) is 0. The molecule has 0 aromatic rings. The van der Waals surface area contributed by atoms with Crippen molar-refractivity contribution in [3.05, 3.63) is 0 Å². The molecule has 0 atom stereocenters. The van der Waals surface area contributed by atoms with Crippen LogP contribution in [0, 0.1) is 0 Å². The van der Waals surface area contributed by atoms with Gasteiger partial charge in [0.2, 0.25) is 0 Å². The molecule has 2 nitrogen and oxygen atoms in total. The zero-order valence-corrected chi connectivity index (χ0v) is 4.67. The number of halogens is 3. The van der Waals surface area contributed by atoms with Gasteiger partial charge in [0.25, 0.3) is 0 Å². The molecule has 0 spiro atoms. The predicted octanol–water partition coefficient (Wildman–Crippen LogP) is -1.03. The third-order valence-corrected chi connectivity index (χ3v) is 0. The topological polar surface area (TPSA) is 63.0 Å². The van der Waals surface area contributed by atoms with Gasteiger partial charge in [-0.05, 0) is 0 Å². The van der Waals surface area contributed by atoms with Crippen molar-refractivity contribution in [2.45, 2.75) is 0 Å². The van der Waals surface area contributed by atoms with Gasteiger partial charge in [0, 0.05) is 0 Å². The zero-order chi connectivity index (χ0) is 0. The van der Waals surface area contributed by atoms with Gasteiger partial charge < -0.3 is 11.0 Å². The average Bonchev–Trinajstić information content (AvgIpc) is 0. The molecule has 0 heterocycles. The third-order valence-electron chi connectivity index (χ3n) is 0. The summed E-state index contributed by atoms with van der Waals surface area (Å²) in [6, 6.07) is 0. The van der Waals surface area contributed by atoms with Crippen molar-refractivity contribution in [3.63, 3.8) is 0 Å². The number of hydrogen-bond donors (Lipinski definition) is 0. The molecule has 0 radical (unpaired) electrons. The van der Waals surface area contributed by atoms with E-state index in [1.807, 2.05) is 0 Å². The molecular formula is H8Cl3NaO2. The van der Waals surface area contributed by atoms with Crippen LogP contribution in [0.2, 0.25) is 0 Å². The minimum atomic E-state index is 0. The van der Waals surface area contributed by atoms with Crippen LogP contribution in [0.25, 0.3) is 0 Å². The van der Waals surface area contributed by atoms with E-state index in [0.717, 1.165) is 0 Å². The molecule has 0 rings (SSSR count). The molecule has 0 aliphatic carbocycles. The van der Waals surface area contributed by atoms with E-state index in [1.54, 1.807) is 0 Å². The first kappa shape index (κ1) is 112. The summed E-state index contributed by atoms with van der Waals surface area (Å²) in [5.41, 5.74) is 0. The Labute approximate surface area is 77.2 Å². The fraction of sp³-hybridized carbons (Fsp3) is 0. The van der Waals surface area contributed by atoms with Crippen LogP contribution in [0.3, 0.4) is 0 Å². The summed E-state index contributed by atoms with van der Waals surface area (Å²) in [5, 5.41) is 0.